The van der Waals surface area contributed by atoms with Crippen molar-refractivity contribution in [1.29, 1.82) is 0 Å². The van der Waals surface area contributed by atoms with E-state index < -0.39 is 5.60 Å². The minimum absolute atomic E-state index is 0.475. The molecule has 0 rings (SSSR count). The van der Waals surface area contributed by atoms with Crippen molar-refractivity contribution in [2.24, 2.45) is 0 Å². The van der Waals surface area contributed by atoms with Crippen LogP contribution in [0.2, 0.25) is 0 Å². The minimum Gasteiger partial charge on any atom is -0.457 e. The van der Waals surface area contributed by atoms with Crippen molar-refractivity contribution < 1.29 is 9.53 Å². The van der Waals surface area contributed by atoms with Crippen LogP contribution < -0.4 is 0 Å². The summed E-state index contributed by atoms with van der Waals surface area (Å²) in [6.45, 7) is 11.8. The van der Waals surface area contributed by atoms with E-state index in [4.69, 9.17) is 4.74 Å². The first-order valence-electron chi connectivity index (χ1n) is 4.43. The first-order chi connectivity index (χ1) is 6.04. The second-order valence-corrected chi connectivity index (χ2v) is 3.54. The lowest BCUT2D eigenvalue weighted by Gasteiger charge is -2.23. The van der Waals surface area contributed by atoms with E-state index in [9.17, 15) is 4.79 Å². The third kappa shape index (κ3) is 5.23. The summed E-state index contributed by atoms with van der Waals surface area (Å²) in [7, 11) is 0. The zero-order chi connectivity index (χ0) is 10.3. The zero-order valence-corrected chi connectivity index (χ0v) is 8.51. The van der Waals surface area contributed by atoms with Crippen molar-refractivity contribution in [3.05, 3.63) is 24.8 Å². The number of allylic oxidation sites excluding steroid dienone is 1. The van der Waals surface area contributed by atoms with Crippen molar-refractivity contribution in [2.45, 2.75) is 38.7 Å². The molecule has 0 aliphatic carbocycles. The highest BCUT2D eigenvalue weighted by Gasteiger charge is 2.20. The molecule has 0 aromatic carbocycles. The van der Waals surface area contributed by atoms with Gasteiger partial charge in [0.25, 0.3) is 6.47 Å². The summed E-state index contributed by atoms with van der Waals surface area (Å²) in [6.07, 6.45) is 4.39. The van der Waals surface area contributed by atoms with Crippen molar-refractivity contribution in [3.63, 3.8) is 0 Å². The zero-order valence-electron chi connectivity index (χ0n) is 8.51. The quantitative estimate of drug-likeness (QED) is 0.447. The molecule has 0 amide bonds. The second kappa shape index (κ2) is 5.57. The van der Waals surface area contributed by atoms with Gasteiger partial charge in [-0.05, 0) is 39.2 Å². The molecule has 13 heavy (non-hydrogen) atoms. The molecule has 0 radical (unpaired) electrons. The minimum atomic E-state index is -0.517. The predicted octanol–water partition coefficient (Wildman–Crippen LogP) is 2.85. The fourth-order valence-corrected chi connectivity index (χ4v) is 1.06. The van der Waals surface area contributed by atoms with Gasteiger partial charge in [-0.25, -0.2) is 0 Å². The lowest BCUT2D eigenvalue weighted by molar-refractivity contribution is -0.138. The van der Waals surface area contributed by atoms with Crippen LogP contribution in [0, 0.1) is 0 Å². The van der Waals surface area contributed by atoms with Gasteiger partial charge in [-0.1, -0.05) is 12.2 Å². The molecule has 0 aliphatic rings. The van der Waals surface area contributed by atoms with Crippen LogP contribution in [0.15, 0.2) is 24.8 Å². The van der Waals surface area contributed by atoms with Crippen LogP contribution in [0.3, 0.4) is 0 Å². The Hall–Kier alpha value is -1.05. The Morgan fingerprint density at radius 2 is 2.23 bits per heavy atom. The number of ether oxygens (including phenoxy) is 1. The van der Waals surface area contributed by atoms with E-state index in [2.05, 4.69) is 13.2 Å². The number of rotatable bonds is 7. The van der Waals surface area contributed by atoms with Gasteiger partial charge in [0, 0.05) is 0 Å². The molecule has 0 N–H and O–H groups in total. The van der Waals surface area contributed by atoms with E-state index in [1.165, 1.54) is 0 Å². The molecule has 0 bridgehead atoms. The molecule has 0 saturated carbocycles. The molecular weight excluding hydrogens is 164 g/mol. The normalized spacial score (nSPS) is 14.3. The van der Waals surface area contributed by atoms with E-state index in [-0.39, 0.29) is 0 Å². The second-order valence-electron chi connectivity index (χ2n) is 3.54. The number of carbonyl (C=O) groups excluding carboxylic acids is 1. The third-order valence-electron chi connectivity index (χ3n) is 2.03. The van der Waals surface area contributed by atoms with Crippen molar-refractivity contribution in [1.82, 2.24) is 0 Å². The van der Waals surface area contributed by atoms with Gasteiger partial charge in [-0.15, -0.1) is 6.58 Å². The van der Waals surface area contributed by atoms with Crippen LogP contribution >= 0.6 is 0 Å². The highest BCUT2D eigenvalue weighted by molar-refractivity contribution is 5.39. The Labute approximate surface area is 80.3 Å². The van der Waals surface area contributed by atoms with Gasteiger partial charge in [0.05, 0.1) is 0 Å². The maximum Gasteiger partial charge on any atom is 0.293 e. The molecule has 2 nitrogen and oxygen atoms in total. The number of carbonyl (C=O) groups is 1. The maximum atomic E-state index is 10.2. The molecule has 0 heterocycles. The first kappa shape index (κ1) is 11.9. The van der Waals surface area contributed by atoms with Crippen LogP contribution in [0.4, 0.5) is 0 Å². The molecule has 0 aromatic rings. The van der Waals surface area contributed by atoms with Gasteiger partial charge in [0.15, 0.2) is 0 Å². The maximum absolute atomic E-state index is 10.2. The fourth-order valence-electron chi connectivity index (χ4n) is 1.06. The molecule has 0 spiro atoms. The standard InChI is InChI=1S/C11H18O2/c1-5-11(4,13-9-12)8-6-7-10(2)3/h5,9H,1-2,6-8H2,3-4H3. The van der Waals surface area contributed by atoms with Crippen LogP contribution in [-0.2, 0) is 9.53 Å². The van der Waals surface area contributed by atoms with Gasteiger partial charge in [-0.2, -0.15) is 0 Å². The number of hydrogen-bond acceptors (Lipinski definition) is 2. The molecule has 74 valence electrons. The molecule has 1 unspecified atom stereocenters. The number of hydrogen-bond donors (Lipinski definition) is 0. The van der Waals surface area contributed by atoms with Gasteiger partial charge >= 0.3 is 0 Å². The summed E-state index contributed by atoms with van der Waals surface area (Å²) < 4.78 is 4.93. The summed E-state index contributed by atoms with van der Waals surface area (Å²) in [4.78, 5) is 10.2. The topological polar surface area (TPSA) is 26.3 Å². The molecule has 0 fully saturated rings. The molecule has 0 saturated heterocycles. The Balaban J connectivity index is 3.89. The van der Waals surface area contributed by atoms with Gasteiger partial charge < -0.3 is 4.74 Å². The summed E-state index contributed by atoms with van der Waals surface area (Å²) >= 11 is 0. The van der Waals surface area contributed by atoms with Gasteiger partial charge in [0.2, 0.25) is 0 Å². The van der Waals surface area contributed by atoms with Crippen LogP contribution in [0.25, 0.3) is 0 Å². The monoisotopic (exact) mass is 182 g/mol. The summed E-state index contributed by atoms with van der Waals surface area (Å²) in [5.41, 5.74) is 0.634. The lowest BCUT2D eigenvalue weighted by Crippen LogP contribution is -2.24. The summed E-state index contributed by atoms with van der Waals surface area (Å²) in [5.74, 6) is 0. The molecule has 1 atom stereocenters. The van der Waals surface area contributed by atoms with Gasteiger partial charge in [0.1, 0.15) is 5.60 Å². The van der Waals surface area contributed by atoms with Gasteiger partial charge in [-0.3, -0.25) is 4.79 Å². The van der Waals surface area contributed by atoms with Crippen molar-refractivity contribution >= 4 is 6.47 Å². The van der Waals surface area contributed by atoms with Crippen molar-refractivity contribution in [3.8, 4) is 0 Å². The molecular formula is C11H18O2. The van der Waals surface area contributed by atoms with Crippen molar-refractivity contribution in [2.75, 3.05) is 0 Å². The largest absolute Gasteiger partial charge is 0.457 e. The average molecular weight is 182 g/mol. The van der Waals surface area contributed by atoms with E-state index >= 15 is 0 Å². The molecule has 2 heteroatoms. The SMILES string of the molecule is C=CC(C)(CCCC(=C)C)OC=O. The average Bonchev–Trinajstić information content (AvgIpc) is 2.04. The highest BCUT2D eigenvalue weighted by atomic mass is 16.5. The molecule has 0 aromatic heterocycles. The predicted molar refractivity (Wildman–Crippen MR) is 54.4 cm³/mol. The Morgan fingerprint density at radius 1 is 1.62 bits per heavy atom. The Morgan fingerprint density at radius 3 is 2.62 bits per heavy atom. The Kier molecular flexibility index (Phi) is 5.12. The smallest absolute Gasteiger partial charge is 0.293 e. The van der Waals surface area contributed by atoms with Crippen LogP contribution in [-0.4, -0.2) is 12.1 Å². The molecule has 0 aliphatic heterocycles. The Bertz CT molecular complexity index is 196. The highest BCUT2D eigenvalue weighted by Crippen LogP contribution is 2.20. The van der Waals surface area contributed by atoms with E-state index in [1.54, 1.807) is 6.08 Å². The summed E-state index contributed by atoms with van der Waals surface area (Å²) in [5, 5.41) is 0. The van der Waals surface area contributed by atoms with Crippen LogP contribution in [0.1, 0.15) is 33.1 Å². The van der Waals surface area contributed by atoms with E-state index in [0.717, 1.165) is 24.8 Å². The van der Waals surface area contributed by atoms with E-state index in [1.807, 2.05) is 13.8 Å². The van der Waals surface area contributed by atoms with E-state index in [0.29, 0.717) is 6.47 Å². The van der Waals surface area contributed by atoms with Crippen LogP contribution in [0.5, 0.6) is 0 Å². The summed E-state index contributed by atoms with van der Waals surface area (Å²) in [6, 6.07) is 0. The third-order valence-corrected chi connectivity index (χ3v) is 2.03. The fraction of sp³-hybridized carbons (Fsp3) is 0.545. The lowest BCUT2D eigenvalue weighted by atomic mass is 9.97. The first-order valence-corrected chi connectivity index (χ1v) is 4.43.